The quantitative estimate of drug-likeness (QED) is 0.325. The highest BCUT2D eigenvalue weighted by Gasteiger charge is 2.13. The third-order valence-corrected chi connectivity index (χ3v) is 3.80. The molecule has 0 spiro atoms. The first-order valence-corrected chi connectivity index (χ1v) is 8.58. The summed E-state index contributed by atoms with van der Waals surface area (Å²) >= 11 is 0. The van der Waals surface area contributed by atoms with Gasteiger partial charge in [-0.15, -0.1) is 0 Å². The minimum atomic E-state index is 0.0704. The smallest absolute Gasteiger partial charge is 0.192 e. The van der Waals surface area contributed by atoms with Gasteiger partial charge < -0.3 is 9.47 Å². The monoisotopic (exact) mass is 294 g/mol. The summed E-state index contributed by atoms with van der Waals surface area (Å²) in [7, 11) is 0. The maximum Gasteiger partial charge on any atom is 0.192 e. The molecule has 0 aromatic rings. The lowest BCUT2D eigenvalue weighted by atomic mass is 10.1. The number of unbranched alkanes of at least 4 members (excludes halogenated alkanes) is 8. The zero-order chi connectivity index (χ0) is 15.0. The zero-order valence-electron chi connectivity index (χ0n) is 13.3. The molecule has 1 atom stereocenters. The van der Waals surface area contributed by atoms with E-state index in [1.807, 2.05) is 0 Å². The Kier molecular flexibility index (Phi) is 12.2. The third kappa shape index (κ3) is 11.5. The summed E-state index contributed by atoms with van der Waals surface area (Å²) in [5.74, 6) is 5.30. The van der Waals surface area contributed by atoms with Gasteiger partial charge in [-0.2, -0.15) is 0 Å². The first kappa shape index (κ1) is 18.2. The Balaban J connectivity index is 1.73. The van der Waals surface area contributed by atoms with E-state index >= 15 is 0 Å². The van der Waals surface area contributed by atoms with Gasteiger partial charge >= 0.3 is 0 Å². The van der Waals surface area contributed by atoms with Gasteiger partial charge in [-0.1, -0.05) is 44.4 Å². The van der Waals surface area contributed by atoms with E-state index in [1.54, 1.807) is 0 Å². The van der Waals surface area contributed by atoms with Crippen molar-refractivity contribution in [3.05, 3.63) is 0 Å². The van der Waals surface area contributed by atoms with Crippen molar-refractivity contribution in [2.24, 2.45) is 0 Å². The lowest BCUT2D eigenvalue weighted by molar-refractivity contribution is -0.162. The van der Waals surface area contributed by atoms with E-state index < -0.39 is 0 Å². The predicted molar refractivity (Wildman–Crippen MR) is 84.9 cm³/mol. The van der Waals surface area contributed by atoms with Crippen LogP contribution in [-0.4, -0.2) is 25.8 Å². The van der Waals surface area contributed by atoms with E-state index in [-0.39, 0.29) is 6.29 Å². The molecule has 0 aromatic carbocycles. The molecule has 0 bridgehead atoms. The number of rotatable bonds is 11. The molecule has 0 aromatic heterocycles. The van der Waals surface area contributed by atoms with Gasteiger partial charge in [0, 0.05) is 19.6 Å². The Morgan fingerprint density at radius 1 is 1.00 bits per heavy atom. The summed E-state index contributed by atoms with van der Waals surface area (Å²) in [6.07, 6.45) is 15.1. The van der Waals surface area contributed by atoms with Crippen LogP contribution in [0.15, 0.2) is 0 Å². The molecule has 1 aliphatic rings. The van der Waals surface area contributed by atoms with Crippen LogP contribution in [0.1, 0.15) is 77.0 Å². The topological polar surface area (TPSA) is 35.5 Å². The maximum absolute atomic E-state index is 9.99. The normalized spacial score (nSPS) is 18.0. The first-order chi connectivity index (χ1) is 10.4. The number of ether oxygens (including phenoxy) is 2. The molecule has 3 heteroatoms. The summed E-state index contributed by atoms with van der Waals surface area (Å²) in [6.45, 7) is 1.71. The molecule has 3 nitrogen and oxygen atoms in total. The fraction of sp³-hybridized carbons (Fsp3) is 0.833. The minimum absolute atomic E-state index is 0.0704. The highest BCUT2D eigenvalue weighted by atomic mass is 16.7. The molecule has 0 amide bonds. The van der Waals surface area contributed by atoms with Crippen molar-refractivity contribution in [2.75, 3.05) is 13.2 Å². The molecule has 1 rings (SSSR count). The molecule has 1 heterocycles. The van der Waals surface area contributed by atoms with Crippen molar-refractivity contribution in [1.29, 1.82) is 0 Å². The number of carbonyl (C=O) groups is 1. The SMILES string of the molecule is O=CC#CCCCCCCCCCCOC1CCCCO1. The van der Waals surface area contributed by atoms with E-state index in [1.165, 1.54) is 51.4 Å². The maximum atomic E-state index is 9.99. The van der Waals surface area contributed by atoms with Gasteiger partial charge in [0.05, 0.1) is 0 Å². The largest absolute Gasteiger partial charge is 0.353 e. The highest BCUT2D eigenvalue weighted by Crippen LogP contribution is 2.14. The standard InChI is InChI=1S/C18H30O3/c19-15-11-8-6-4-2-1-3-5-7-9-12-16-20-18-14-10-13-17-21-18/h15,18H,1-7,9-10,12-14,16-17H2. The van der Waals surface area contributed by atoms with Gasteiger partial charge in [-0.05, 0) is 38.0 Å². The first-order valence-electron chi connectivity index (χ1n) is 8.58. The summed E-state index contributed by atoms with van der Waals surface area (Å²) in [5.41, 5.74) is 0. The van der Waals surface area contributed by atoms with E-state index in [2.05, 4.69) is 11.8 Å². The van der Waals surface area contributed by atoms with E-state index in [0.717, 1.165) is 38.9 Å². The highest BCUT2D eigenvalue weighted by molar-refractivity contribution is 5.72. The molecule has 120 valence electrons. The lowest BCUT2D eigenvalue weighted by Gasteiger charge is -2.22. The lowest BCUT2D eigenvalue weighted by Crippen LogP contribution is -2.22. The van der Waals surface area contributed by atoms with Gasteiger partial charge in [0.15, 0.2) is 12.6 Å². The molecule has 21 heavy (non-hydrogen) atoms. The molecule has 0 radical (unpaired) electrons. The van der Waals surface area contributed by atoms with Crippen LogP contribution >= 0.6 is 0 Å². The Bertz CT molecular complexity index is 297. The van der Waals surface area contributed by atoms with Crippen LogP contribution in [0.3, 0.4) is 0 Å². The number of carbonyl (C=O) groups excluding carboxylic acids is 1. The Labute approximate surface area is 129 Å². The predicted octanol–water partition coefficient (Wildman–Crippen LogP) is 4.24. The summed E-state index contributed by atoms with van der Waals surface area (Å²) in [5, 5.41) is 0. The van der Waals surface area contributed by atoms with Crippen molar-refractivity contribution < 1.29 is 14.3 Å². The fourth-order valence-corrected chi connectivity index (χ4v) is 2.55. The Morgan fingerprint density at radius 3 is 2.38 bits per heavy atom. The van der Waals surface area contributed by atoms with E-state index in [9.17, 15) is 4.79 Å². The van der Waals surface area contributed by atoms with Crippen LogP contribution < -0.4 is 0 Å². The second-order valence-corrected chi connectivity index (χ2v) is 5.68. The molecular weight excluding hydrogens is 264 g/mol. The van der Waals surface area contributed by atoms with Crippen LogP contribution in [0, 0.1) is 11.8 Å². The van der Waals surface area contributed by atoms with E-state index in [4.69, 9.17) is 9.47 Å². The van der Waals surface area contributed by atoms with Gasteiger partial charge in [-0.25, -0.2) is 0 Å². The van der Waals surface area contributed by atoms with E-state index in [0.29, 0.717) is 6.29 Å². The average molecular weight is 294 g/mol. The molecule has 1 aliphatic heterocycles. The minimum Gasteiger partial charge on any atom is -0.353 e. The molecule has 0 aliphatic carbocycles. The van der Waals surface area contributed by atoms with Crippen molar-refractivity contribution in [3.63, 3.8) is 0 Å². The van der Waals surface area contributed by atoms with Crippen molar-refractivity contribution >= 4 is 6.29 Å². The summed E-state index contributed by atoms with van der Waals surface area (Å²) < 4.78 is 11.2. The van der Waals surface area contributed by atoms with Gasteiger partial charge in [0.25, 0.3) is 0 Å². The number of aldehydes is 1. The Morgan fingerprint density at radius 2 is 1.71 bits per heavy atom. The summed E-state index contributed by atoms with van der Waals surface area (Å²) in [6, 6.07) is 0. The zero-order valence-corrected chi connectivity index (χ0v) is 13.3. The molecule has 0 N–H and O–H groups in total. The third-order valence-electron chi connectivity index (χ3n) is 3.80. The molecule has 1 saturated heterocycles. The van der Waals surface area contributed by atoms with Gasteiger partial charge in [0.2, 0.25) is 0 Å². The molecule has 1 fully saturated rings. The van der Waals surface area contributed by atoms with Crippen molar-refractivity contribution in [3.8, 4) is 11.8 Å². The molecule has 1 unspecified atom stereocenters. The fourth-order valence-electron chi connectivity index (χ4n) is 2.55. The summed E-state index contributed by atoms with van der Waals surface area (Å²) in [4.78, 5) is 9.99. The van der Waals surface area contributed by atoms with Crippen LogP contribution in [0.25, 0.3) is 0 Å². The van der Waals surface area contributed by atoms with Crippen LogP contribution in [0.5, 0.6) is 0 Å². The van der Waals surface area contributed by atoms with Crippen molar-refractivity contribution in [2.45, 2.75) is 83.3 Å². The molecule has 0 saturated carbocycles. The van der Waals surface area contributed by atoms with Crippen molar-refractivity contribution in [1.82, 2.24) is 0 Å². The average Bonchev–Trinajstić information content (AvgIpc) is 2.53. The number of hydrogen-bond donors (Lipinski definition) is 0. The van der Waals surface area contributed by atoms with Crippen LogP contribution in [-0.2, 0) is 14.3 Å². The second-order valence-electron chi connectivity index (χ2n) is 5.68. The van der Waals surface area contributed by atoms with Crippen LogP contribution in [0.4, 0.5) is 0 Å². The van der Waals surface area contributed by atoms with Gasteiger partial charge in [0.1, 0.15) is 0 Å². The Hall–Kier alpha value is -0.850. The van der Waals surface area contributed by atoms with Crippen LogP contribution in [0.2, 0.25) is 0 Å². The van der Waals surface area contributed by atoms with Gasteiger partial charge in [-0.3, -0.25) is 4.79 Å². The number of hydrogen-bond acceptors (Lipinski definition) is 3. The molecular formula is C18H30O3. The second kappa shape index (κ2) is 14.1.